The number of carboxylic acids is 1. The van der Waals surface area contributed by atoms with Gasteiger partial charge in [0.2, 0.25) is 0 Å². The topological polar surface area (TPSA) is 76.1 Å². The lowest BCUT2D eigenvalue weighted by Crippen LogP contribution is -2.58. The molecule has 1 aromatic rings. The maximum atomic E-state index is 12.7. The Kier molecular flexibility index (Phi) is 7.89. The lowest BCUT2D eigenvalue weighted by Gasteiger charge is -2.46. The van der Waals surface area contributed by atoms with Gasteiger partial charge in [-0.15, -0.1) is 0 Å². The van der Waals surface area contributed by atoms with E-state index in [1.807, 2.05) is 23.1 Å². The molecule has 0 bridgehead atoms. The summed E-state index contributed by atoms with van der Waals surface area (Å²) in [6.45, 7) is 6.12. The highest BCUT2D eigenvalue weighted by atomic mass is 16.4. The summed E-state index contributed by atoms with van der Waals surface area (Å²) in [5.74, 6) is -0.547. The van der Waals surface area contributed by atoms with Crippen molar-refractivity contribution in [3.05, 3.63) is 35.9 Å². The van der Waals surface area contributed by atoms with Gasteiger partial charge in [0.15, 0.2) is 0 Å². The SMILES string of the molecule is CN1CCN([C@@H]2CCN(C(=O)NCCc3ccccc3)C[C@@H]2CCC(=O)O)CC1. The van der Waals surface area contributed by atoms with Gasteiger partial charge < -0.3 is 20.2 Å². The first-order chi connectivity index (χ1) is 14.0. The first-order valence-corrected chi connectivity index (χ1v) is 10.7. The molecule has 29 heavy (non-hydrogen) atoms. The van der Waals surface area contributed by atoms with Gasteiger partial charge in [0.05, 0.1) is 0 Å². The van der Waals surface area contributed by atoms with Gasteiger partial charge in [0.25, 0.3) is 0 Å². The van der Waals surface area contributed by atoms with Crippen molar-refractivity contribution in [2.75, 3.05) is 52.9 Å². The number of urea groups is 1. The molecule has 0 radical (unpaired) electrons. The smallest absolute Gasteiger partial charge is 0.317 e. The third-order valence-electron chi connectivity index (χ3n) is 6.25. The quantitative estimate of drug-likeness (QED) is 0.727. The number of piperazine rings is 1. The van der Waals surface area contributed by atoms with Gasteiger partial charge in [-0.25, -0.2) is 4.79 Å². The monoisotopic (exact) mass is 402 g/mol. The highest BCUT2D eigenvalue weighted by Gasteiger charge is 2.35. The molecule has 2 aliphatic heterocycles. The zero-order valence-corrected chi connectivity index (χ0v) is 17.4. The Morgan fingerprint density at radius 3 is 2.52 bits per heavy atom. The van der Waals surface area contributed by atoms with Gasteiger partial charge in [0.1, 0.15) is 0 Å². The van der Waals surface area contributed by atoms with Crippen LogP contribution in [-0.4, -0.2) is 90.7 Å². The van der Waals surface area contributed by atoms with Crippen LogP contribution in [0.25, 0.3) is 0 Å². The van der Waals surface area contributed by atoms with E-state index in [2.05, 4.69) is 34.3 Å². The summed E-state index contributed by atoms with van der Waals surface area (Å²) in [5, 5.41) is 12.2. The number of benzene rings is 1. The maximum absolute atomic E-state index is 12.7. The Balaban J connectivity index is 1.53. The predicted molar refractivity (Wildman–Crippen MR) is 113 cm³/mol. The molecule has 2 saturated heterocycles. The van der Waals surface area contributed by atoms with Crippen molar-refractivity contribution in [1.82, 2.24) is 20.0 Å². The molecule has 2 heterocycles. The number of hydrogen-bond acceptors (Lipinski definition) is 4. The van der Waals surface area contributed by atoms with Crippen LogP contribution in [0, 0.1) is 5.92 Å². The van der Waals surface area contributed by atoms with Crippen LogP contribution in [0.3, 0.4) is 0 Å². The fourth-order valence-corrected chi connectivity index (χ4v) is 4.50. The lowest BCUT2D eigenvalue weighted by molar-refractivity contribution is -0.137. The molecule has 2 amide bonds. The van der Waals surface area contributed by atoms with Crippen LogP contribution in [0.2, 0.25) is 0 Å². The van der Waals surface area contributed by atoms with E-state index < -0.39 is 5.97 Å². The second-order valence-electron chi connectivity index (χ2n) is 8.30. The number of carbonyl (C=O) groups excluding carboxylic acids is 1. The van der Waals surface area contributed by atoms with Crippen LogP contribution >= 0.6 is 0 Å². The highest BCUT2D eigenvalue weighted by Crippen LogP contribution is 2.27. The van der Waals surface area contributed by atoms with Crippen molar-refractivity contribution in [3.8, 4) is 0 Å². The van der Waals surface area contributed by atoms with Gasteiger partial charge in [-0.1, -0.05) is 30.3 Å². The van der Waals surface area contributed by atoms with Crippen molar-refractivity contribution in [2.45, 2.75) is 31.7 Å². The fraction of sp³-hybridized carbons (Fsp3) is 0.636. The first kappa shape index (κ1) is 21.6. The van der Waals surface area contributed by atoms with Crippen LogP contribution in [-0.2, 0) is 11.2 Å². The third kappa shape index (κ3) is 6.44. The molecule has 160 valence electrons. The van der Waals surface area contributed by atoms with Gasteiger partial charge >= 0.3 is 12.0 Å². The van der Waals surface area contributed by atoms with Crippen molar-refractivity contribution >= 4 is 12.0 Å². The number of aliphatic carboxylic acids is 1. The number of likely N-dealkylation sites (N-methyl/N-ethyl adjacent to an activating group) is 1. The largest absolute Gasteiger partial charge is 0.481 e. The summed E-state index contributed by atoms with van der Waals surface area (Å²) in [5.41, 5.74) is 1.21. The number of rotatable bonds is 7. The standard InChI is InChI=1S/C22H34N4O3/c1-24-13-15-25(16-14-24)20-10-12-26(17-19(20)7-8-21(27)28)22(29)23-11-9-18-5-3-2-4-6-18/h2-6,19-20H,7-17H2,1H3,(H,23,29)(H,27,28)/t19-,20+/m0/s1. The van der Waals surface area contributed by atoms with Gasteiger partial charge in [-0.05, 0) is 37.8 Å². The van der Waals surface area contributed by atoms with Crippen LogP contribution in [0.4, 0.5) is 4.79 Å². The van der Waals surface area contributed by atoms with Crippen LogP contribution in [0.5, 0.6) is 0 Å². The number of nitrogens with zero attached hydrogens (tertiary/aromatic N) is 3. The Labute approximate surface area is 173 Å². The van der Waals surface area contributed by atoms with E-state index in [1.165, 1.54) is 5.56 Å². The Morgan fingerprint density at radius 1 is 1.10 bits per heavy atom. The highest BCUT2D eigenvalue weighted by molar-refractivity contribution is 5.74. The summed E-state index contributed by atoms with van der Waals surface area (Å²) >= 11 is 0. The number of nitrogens with one attached hydrogen (secondary N) is 1. The molecule has 0 saturated carbocycles. The zero-order valence-electron chi connectivity index (χ0n) is 17.4. The number of carboxylic acid groups (broad SMARTS) is 1. The second-order valence-corrected chi connectivity index (χ2v) is 8.30. The van der Waals surface area contributed by atoms with Crippen molar-refractivity contribution in [2.24, 2.45) is 5.92 Å². The molecule has 3 rings (SSSR count). The first-order valence-electron chi connectivity index (χ1n) is 10.7. The number of likely N-dealkylation sites (tertiary alicyclic amines) is 1. The average Bonchev–Trinajstić information content (AvgIpc) is 2.73. The Hall–Kier alpha value is -2.12. The van der Waals surface area contributed by atoms with Crippen molar-refractivity contribution in [3.63, 3.8) is 0 Å². The molecule has 0 aromatic heterocycles. The predicted octanol–water partition coefficient (Wildman–Crippen LogP) is 1.74. The molecular formula is C22H34N4O3. The lowest BCUT2D eigenvalue weighted by atomic mass is 9.86. The summed E-state index contributed by atoms with van der Waals surface area (Å²) < 4.78 is 0. The maximum Gasteiger partial charge on any atom is 0.317 e. The average molecular weight is 403 g/mol. The summed E-state index contributed by atoms with van der Waals surface area (Å²) in [6.07, 6.45) is 2.52. The molecule has 0 spiro atoms. The Morgan fingerprint density at radius 2 is 1.83 bits per heavy atom. The molecule has 7 heteroatoms. The van der Waals surface area contributed by atoms with Crippen LogP contribution in [0.1, 0.15) is 24.8 Å². The molecule has 2 atom stereocenters. The molecule has 1 aromatic carbocycles. The van der Waals surface area contributed by atoms with Gasteiger partial charge in [0, 0.05) is 58.3 Å². The van der Waals surface area contributed by atoms with Gasteiger partial charge in [-0.2, -0.15) is 0 Å². The normalized spacial score (nSPS) is 23.7. The Bertz CT molecular complexity index is 661. The number of piperidine rings is 1. The molecule has 0 unspecified atom stereocenters. The van der Waals surface area contributed by atoms with Crippen molar-refractivity contribution < 1.29 is 14.7 Å². The van der Waals surface area contributed by atoms with E-state index in [0.29, 0.717) is 25.6 Å². The minimum Gasteiger partial charge on any atom is -0.481 e. The molecule has 0 aliphatic carbocycles. The summed E-state index contributed by atoms with van der Waals surface area (Å²) in [6, 6.07) is 10.5. The minimum absolute atomic E-state index is 0.0296. The third-order valence-corrected chi connectivity index (χ3v) is 6.25. The number of carbonyl (C=O) groups is 2. The van der Waals surface area contributed by atoms with Crippen molar-refractivity contribution in [1.29, 1.82) is 0 Å². The molecule has 2 aliphatic rings. The minimum atomic E-state index is -0.758. The number of hydrogen-bond donors (Lipinski definition) is 2. The van der Waals surface area contributed by atoms with E-state index in [0.717, 1.165) is 45.6 Å². The second kappa shape index (κ2) is 10.6. The van der Waals surface area contributed by atoms with E-state index in [9.17, 15) is 9.59 Å². The molecule has 7 nitrogen and oxygen atoms in total. The molecule has 2 N–H and O–H groups in total. The van der Waals surface area contributed by atoms with Gasteiger partial charge in [-0.3, -0.25) is 9.69 Å². The molecule has 2 fully saturated rings. The number of amides is 2. The zero-order chi connectivity index (χ0) is 20.6. The van der Waals surface area contributed by atoms with Crippen LogP contribution < -0.4 is 5.32 Å². The van der Waals surface area contributed by atoms with Crippen LogP contribution in [0.15, 0.2) is 30.3 Å². The fourth-order valence-electron chi connectivity index (χ4n) is 4.50. The summed E-state index contributed by atoms with van der Waals surface area (Å²) in [7, 11) is 2.14. The molecular weight excluding hydrogens is 368 g/mol. The summed E-state index contributed by atoms with van der Waals surface area (Å²) in [4.78, 5) is 30.5. The van der Waals surface area contributed by atoms with E-state index in [1.54, 1.807) is 0 Å². The van der Waals surface area contributed by atoms with E-state index in [4.69, 9.17) is 5.11 Å². The van der Waals surface area contributed by atoms with E-state index in [-0.39, 0.29) is 18.4 Å². The van der Waals surface area contributed by atoms with E-state index >= 15 is 0 Å².